The van der Waals surface area contributed by atoms with Crippen molar-refractivity contribution >= 4 is 16.8 Å². The Kier molecular flexibility index (Phi) is 3.23. The maximum atomic E-state index is 12.7. The number of benzene rings is 1. The molecule has 2 heterocycles. The first kappa shape index (κ1) is 12.2. The Labute approximate surface area is 112 Å². The number of carbonyl (C=O) groups excluding carboxylic acids is 1. The average molecular weight is 257 g/mol. The summed E-state index contributed by atoms with van der Waals surface area (Å²) in [5.41, 5.74) is 1.49. The minimum atomic E-state index is 0.0731. The average Bonchev–Trinajstić information content (AvgIpc) is 2.90. The number of aromatic amines is 1. The summed E-state index contributed by atoms with van der Waals surface area (Å²) in [5, 5.41) is 8.09. The predicted octanol–water partition coefficient (Wildman–Crippen LogP) is 2.97. The summed E-state index contributed by atoms with van der Waals surface area (Å²) in [6.45, 7) is 3.01. The number of rotatable bonds is 2. The standard InChI is InChI=1S/C15H19N3O/c1-2-11-7-5-6-10-18(11)15(19)14-12-8-3-4-9-13(12)16-17-14/h3-4,8-9,11H,2,5-7,10H2,1H3,(H,16,17). The lowest BCUT2D eigenvalue weighted by molar-refractivity contribution is 0.0604. The smallest absolute Gasteiger partial charge is 0.275 e. The summed E-state index contributed by atoms with van der Waals surface area (Å²) < 4.78 is 0. The van der Waals surface area contributed by atoms with Crippen LogP contribution in [-0.2, 0) is 0 Å². The highest BCUT2D eigenvalue weighted by Crippen LogP contribution is 2.24. The Morgan fingerprint density at radius 3 is 3.11 bits per heavy atom. The van der Waals surface area contributed by atoms with Crippen molar-refractivity contribution in [1.29, 1.82) is 0 Å². The van der Waals surface area contributed by atoms with Gasteiger partial charge >= 0.3 is 0 Å². The van der Waals surface area contributed by atoms with E-state index in [0.29, 0.717) is 11.7 Å². The van der Waals surface area contributed by atoms with E-state index >= 15 is 0 Å². The van der Waals surface area contributed by atoms with E-state index in [4.69, 9.17) is 0 Å². The van der Waals surface area contributed by atoms with Gasteiger partial charge in [0, 0.05) is 18.0 Å². The number of aromatic nitrogens is 2. The quantitative estimate of drug-likeness (QED) is 0.899. The fourth-order valence-corrected chi connectivity index (χ4v) is 2.95. The Morgan fingerprint density at radius 2 is 2.26 bits per heavy atom. The first-order valence-corrected chi connectivity index (χ1v) is 7.05. The second-order valence-electron chi connectivity index (χ2n) is 5.17. The van der Waals surface area contributed by atoms with Gasteiger partial charge in [0.1, 0.15) is 0 Å². The van der Waals surface area contributed by atoms with Gasteiger partial charge in [0.2, 0.25) is 0 Å². The molecule has 100 valence electrons. The van der Waals surface area contributed by atoms with E-state index in [-0.39, 0.29) is 5.91 Å². The summed E-state index contributed by atoms with van der Waals surface area (Å²) in [7, 11) is 0. The van der Waals surface area contributed by atoms with Crippen LogP contribution in [-0.4, -0.2) is 33.6 Å². The van der Waals surface area contributed by atoms with Gasteiger partial charge in [-0.2, -0.15) is 5.10 Å². The molecule has 1 aliphatic heterocycles. The van der Waals surface area contributed by atoms with Crippen molar-refractivity contribution in [2.45, 2.75) is 38.6 Å². The predicted molar refractivity (Wildman–Crippen MR) is 75.1 cm³/mol. The SMILES string of the molecule is CCC1CCCCN1C(=O)c1n[nH]c2ccccc12. The van der Waals surface area contributed by atoms with Crippen molar-refractivity contribution in [3.05, 3.63) is 30.0 Å². The lowest BCUT2D eigenvalue weighted by atomic mass is 9.99. The molecule has 1 amide bonds. The Morgan fingerprint density at radius 1 is 1.42 bits per heavy atom. The largest absolute Gasteiger partial charge is 0.334 e. The molecule has 0 spiro atoms. The van der Waals surface area contributed by atoms with Gasteiger partial charge in [-0.25, -0.2) is 0 Å². The summed E-state index contributed by atoms with van der Waals surface area (Å²) in [5.74, 6) is 0.0731. The Balaban J connectivity index is 1.94. The third-order valence-electron chi connectivity index (χ3n) is 4.03. The van der Waals surface area contributed by atoms with E-state index in [1.54, 1.807) is 0 Å². The van der Waals surface area contributed by atoms with E-state index in [2.05, 4.69) is 17.1 Å². The van der Waals surface area contributed by atoms with Crippen molar-refractivity contribution in [2.75, 3.05) is 6.54 Å². The lowest BCUT2D eigenvalue weighted by Crippen LogP contribution is -2.43. The molecule has 2 aromatic rings. The second-order valence-corrected chi connectivity index (χ2v) is 5.17. The first-order valence-electron chi connectivity index (χ1n) is 7.05. The zero-order valence-electron chi connectivity index (χ0n) is 11.2. The molecule has 1 aliphatic rings. The Bertz CT molecular complexity index is 590. The van der Waals surface area contributed by atoms with Crippen molar-refractivity contribution in [3.63, 3.8) is 0 Å². The normalized spacial score (nSPS) is 19.8. The van der Waals surface area contributed by atoms with Crippen molar-refractivity contribution in [1.82, 2.24) is 15.1 Å². The van der Waals surface area contributed by atoms with Crippen LogP contribution in [0.25, 0.3) is 10.9 Å². The number of hydrogen-bond acceptors (Lipinski definition) is 2. The van der Waals surface area contributed by atoms with Gasteiger partial charge in [-0.3, -0.25) is 9.89 Å². The number of nitrogens with zero attached hydrogens (tertiary/aromatic N) is 2. The molecule has 0 saturated carbocycles. The summed E-state index contributed by atoms with van der Waals surface area (Å²) in [6, 6.07) is 8.17. The molecule has 4 heteroatoms. The van der Waals surface area contributed by atoms with E-state index < -0.39 is 0 Å². The van der Waals surface area contributed by atoms with E-state index in [1.165, 1.54) is 6.42 Å². The number of likely N-dealkylation sites (tertiary alicyclic amines) is 1. The molecule has 1 atom stereocenters. The highest BCUT2D eigenvalue weighted by atomic mass is 16.2. The van der Waals surface area contributed by atoms with Crippen LogP contribution in [0.15, 0.2) is 24.3 Å². The number of hydrogen-bond donors (Lipinski definition) is 1. The van der Waals surface area contributed by atoms with E-state index in [1.807, 2.05) is 29.2 Å². The Hall–Kier alpha value is -1.84. The van der Waals surface area contributed by atoms with E-state index in [0.717, 1.165) is 36.7 Å². The van der Waals surface area contributed by atoms with Crippen LogP contribution in [0.1, 0.15) is 43.1 Å². The maximum Gasteiger partial charge on any atom is 0.275 e. The third kappa shape index (κ3) is 2.11. The number of carbonyl (C=O) groups is 1. The van der Waals surface area contributed by atoms with Crippen LogP contribution < -0.4 is 0 Å². The molecule has 1 aromatic heterocycles. The van der Waals surface area contributed by atoms with Gasteiger partial charge < -0.3 is 4.90 Å². The topological polar surface area (TPSA) is 49.0 Å². The van der Waals surface area contributed by atoms with Crippen LogP contribution in [0.5, 0.6) is 0 Å². The zero-order chi connectivity index (χ0) is 13.2. The van der Waals surface area contributed by atoms with Gasteiger partial charge in [-0.05, 0) is 31.7 Å². The fraction of sp³-hybridized carbons (Fsp3) is 0.467. The van der Waals surface area contributed by atoms with Crippen LogP contribution >= 0.6 is 0 Å². The van der Waals surface area contributed by atoms with E-state index in [9.17, 15) is 4.79 Å². The number of H-pyrrole nitrogens is 1. The molecular formula is C15H19N3O. The minimum Gasteiger partial charge on any atom is -0.334 e. The zero-order valence-corrected chi connectivity index (χ0v) is 11.2. The maximum absolute atomic E-state index is 12.7. The molecular weight excluding hydrogens is 238 g/mol. The molecule has 4 nitrogen and oxygen atoms in total. The fourth-order valence-electron chi connectivity index (χ4n) is 2.95. The number of piperidine rings is 1. The first-order chi connectivity index (χ1) is 9.31. The molecule has 1 saturated heterocycles. The summed E-state index contributed by atoms with van der Waals surface area (Å²) in [4.78, 5) is 14.7. The molecule has 1 N–H and O–H groups in total. The highest BCUT2D eigenvalue weighted by molar-refractivity contribution is 6.04. The second kappa shape index (κ2) is 5.03. The van der Waals surface area contributed by atoms with Gasteiger partial charge in [-0.15, -0.1) is 0 Å². The van der Waals surface area contributed by atoms with Gasteiger partial charge in [-0.1, -0.05) is 25.1 Å². The van der Waals surface area contributed by atoms with Crippen molar-refractivity contribution in [3.8, 4) is 0 Å². The van der Waals surface area contributed by atoms with Crippen LogP contribution in [0.4, 0.5) is 0 Å². The number of fused-ring (bicyclic) bond motifs is 1. The minimum absolute atomic E-state index is 0.0731. The summed E-state index contributed by atoms with van der Waals surface area (Å²) >= 11 is 0. The third-order valence-corrected chi connectivity index (χ3v) is 4.03. The molecule has 1 aromatic carbocycles. The lowest BCUT2D eigenvalue weighted by Gasteiger charge is -2.34. The molecule has 3 rings (SSSR count). The highest BCUT2D eigenvalue weighted by Gasteiger charge is 2.28. The number of amides is 1. The summed E-state index contributed by atoms with van der Waals surface area (Å²) in [6.07, 6.45) is 4.47. The molecule has 0 radical (unpaired) electrons. The molecule has 19 heavy (non-hydrogen) atoms. The number of para-hydroxylation sites is 1. The molecule has 1 fully saturated rings. The van der Waals surface area contributed by atoms with Gasteiger partial charge in [0.25, 0.3) is 5.91 Å². The van der Waals surface area contributed by atoms with Crippen LogP contribution in [0.2, 0.25) is 0 Å². The van der Waals surface area contributed by atoms with Gasteiger partial charge in [0.05, 0.1) is 5.52 Å². The van der Waals surface area contributed by atoms with Crippen molar-refractivity contribution < 1.29 is 4.79 Å². The number of nitrogens with one attached hydrogen (secondary N) is 1. The molecule has 0 aliphatic carbocycles. The van der Waals surface area contributed by atoms with Crippen LogP contribution in [0.3, 0.4) is 0 Å². The molecule has 1 unspecified atom stereocenters. The van der Waals surface area contributed by atoms with Crippen LogP contribution in [0, 0.1) is 0 Å². The van der Waals surface area contributed by atoms with Gasteiger partial charge in [0.15, 0.2) is 5.69 Å². The monoisotopic (exact) mass is 257 g/mol. The van der Waals surface area contributed by atoms with Crippen molar-refractivity contribution in [2.24, 2.45) is 0 Å². The molecule has 0 bridgehead atoms.